The standard InChI is InChI=1S/C17H28.3C13H20.3C10H14/c1-11(2)15-9-14(17(6,7)8)10-16(12(3)4)13(15)5;1-9(2)12-6-11(5)7-13(8-12)10(3)4;1-9(2)12-7-6-11(5)13(8-12)10(3)4;1-9(2)12-7-6-8-13(10(3)4)11(12)5;1-8(2)10-6-4-9(3)5-7-10;1-8(2)10-6-4-5-9(3)7-10;1-8(2)10-7-5-4-6-9(10)3/h9-12H,1-8H3;3*6-10H,1-5H3;3*4-8H,1-3H3. The van der Waals surface area contributed by atoms with Gasteiger partial charge in [-0.25, -0.2) is 0 Å². The van der Waals surface area contributed by atoms with Crippen molar-refractivity contribution in [3.63, 3.8) is 0 Å². The van der Waals surface area contributed by atoms with Crippen LogP contribution in [0, 0.1) is 48.5 Å². The quantitative estimate of drug-likeness (QED) is 0.121. The molecule has 0 amide bonds. The molecule has 0 bridgehead atoms. The van der Waals surface area contributed by atoms with Gasteiger partial charge >= 0.3 is 0 Å². The fourth-order valence-electron chi connectivity index (χ4n) is 10.7. The lowest BCUT2D eigenvalue weighted by Gasteiger charge is -2.25. The number of aryl methyl sites for hydroxylation is 5. The van der Waals surface area contributed by atoms with Crippen LogP contribution < -0.4 is 0 Å². The van der Waals surface area contributed by atoms with Crippen molar-refractivity contribution in [1.82, 2.24) is 0 Å². The molecule has 0 heteroatoms. The minimum atomic E-state index is 0.237. The molecule has 0 aromatic heterocycles. The van der Waals surface area contributed by atoms with Crippen molar-refractivity contribution >= 4 is 0 Å². The molecule has 0 N–H and O–H groups in total. The predicted molar refractivity (Wildman–Crippen MR) is 392 cm³/mol. The Hall–Kier alpha value is -5.46. The lowest BCUT2D eigenvalue weighted by Crippen LogP contribution is -2.14. The zero-order chi connectivity index (χ0) is 66.1. The van der Waals surface area contributed by atoms with Crippen molar-refractivity contribution in [2.24, 2.45) is 0 Å². The summed E-state index contributed by atoms with van der Waals surface area (Å²) in [5.74, 6) is 7.00. The Balaban J connectivity index is 0.000000505. The van der Waals surface area contributed by atoms with Crippen LogP contribution in [0.1, 0.15) is 344 Å². The van der Waals surface area contributed by atoms with Crippen molar-refractivity contribution in [3.8, 4) is 0 Å². The molecule has 86 heavy (non-hydrogen) atoms. The molecule has 0 heterocycles. The SMILES string of the molecule is Cc1c(C(C)C)cc(C(C)(C)C)cc1C(C)C.Cc1c(C(C)C)cccc1C(C)C.Cc1cc(C(C)C)cc(C(C)C)c1.Cc1ccc(C(C)C)cc1.Cc1ccc(C(C)C)cc1C(C)C.Cc1cccc(C(C)C)c1.Cc1ccccc1C(C)C. The van der Waals surface area contributed by atoms with E-state index in [0.717, 1.165) is 0 Å². The van der Waals surface area contributed by atoms with Gasteiger partial charge in [-0.15, -0.1) is 0 Å². The highest BCUT2D eigenvalue weighted by Gasteiger charge is 2.20. The summed E-state index contributed by atoms with van der Waals surface area (Å²) in [6.07, 6.45) is 0. The Bertz CT molecular complexity index is 2910. The first-order valence-corrected chi connectivity index (χ1v) is 33.5. The van der Waals surface area contributed by atoms with Crippen molar-refractivity contribution in [3.05, 3.63) is 245 Å². The van der Waals surface area contributed by atoms with E-state index in [9.17, 15) is 0 Å². The van der Waals surface area contributed by atoms with E-state index in [2.05, 4.69) is 361 Å². The Labute approximate surface area is 534 Å². The molecule has 0 nitrogen and oxygen atoms in total. The van der Waals surface area contributed by atoms with Gasteiger partial charge in [-0.1, -0.05) is 329 Å². The van der Waals surface area contributed by atoms with Gasteiger partial charge in [-0.3, -0.25) is 0 Å². The molecule has 7 rings (SSSR count). The largest absolute Gasteiger partial charge is 0.0620 e. The molecule has 0 fully saturated rings. The lowest BCUT2D eigenvalue weighted by atomic mass is 9.80. The van der Waals surface area contributed by atoms with E-state index in [1.165, 1.54) is 106 Å². The molecule has 0 saturated carbocycles. The summed E-state index contributed by atoms with van der Waals surface area (Å²) in [5.41, 5.74) is 27.8. The molecule has 0 unspecified atom stereocenters. The Morgan fingerprint density at radius 2 is 0.558 bits per heavy atom. The fourth-order valence-corrected chi connectivity index (χ4v) is 10.7. The molecule has 0 saturated heterocycles. The van der Waals surface area contributed by atoms with E-state index < -0.39 is 0 Å². The smallest absolute Gasteiger partial charge is 0.0132 e. The van der Waals surface area contributed by atoms with Crippen molar-refractivity contribution < 1.29 is 0 Å². The first-order chi connectivity index (χ1) is 39.8. The Morgan fingerprint density at radius 3 is 0.907 bits per heavy atom. The number of hydrogen-bond acceptors (Lipinski definition) is 0. The fraction of sp³-hybridized carbons (Fsp3) is 0.512. The van der Waals surface area contributed by atoms with Crippen molar-refractivity contribution in [2.45, 2.75) is 292 Å². The lowest BCUT2D eigenvalue weighted by molar-refractivity contribution is 0.586. The van der Waals surface area contributed by atoms with E-state index in [0.29, 0.717) is 65.1 Å². The molecule has 0 spiro atoms. The highest BCUT2D eigenvalue weighted by atomic mass is 14.2. The highest BCUT2D eigenvalue weighted by molar-refractivity contribution is 5.44. The first kappa shape index (κ1) is 78.6. The molecule has 0 aliphatic carbocycles. The minimum absolute atomic E-state index is 0.237. The monoisotopic (exact) mass is 1160 g/mol. The van der Waals surface area contributed by atoms with Crippen LogP contribution in [0.25, 0.3) is 0 Å². The van der Waals surface area contributed by atoms with Crippen LogP contribution in [-0.4, -0.2) is 0 Å². The van der Waals surface area contributed by atoms with E-state index in [-0.39, 0.29) is 5.41 Å². The average Bonchev–Trinajstić information content (AvgIpc) is 1.14. The maximum Gasteiger partial charge on any atom is -0.0132 e. The topological polar surface area (TPSA) is 0 Å². The van der Waals surface area contributed by atoms with Gasteiger partial charge in [-0.05, 0) is 208 Å². The second-order valence-corrected chi connectivity index (χ2v) is 29.3. The van der Waals surface area contributed by atoms with Gasteiger partial charge in [0, 0.05) is 0 Å². The molecular formula is C86H130. The molecule has 474 valence electrons. The van der Waals surface area contributed by atoms with E-state index >= 15 is 0 Å². The zero-order valence-corrected chi connectivity index (χ0v) is 61.6. The first-order valence-electron chi connectivity index (χ1n) is 33.5. The van der Waals surface area contributed by atoms with Gasteiger partial charge < -0.3 is 0 Å². The maximum atomic E-state index is 2.41. The van der Waals surface area contributed by atoms with Gasteiger partial charge in [0.15, 0.2) is 0 Å². The second kappa shape index (κ2) is 38.1. The van der Waals surface area contributed by atoms with Crippen LogP contribution in [0.15, 0.2) is 140 Å². The zero-order valence-electron chi connectivity index (χ0n) is 61.6. The highest BCUT2D eigenvalue weighted by Crippen LogP contribution is 2.34. The van der Waals surface area contributed by atoms with Gasteiger partial charge in [0.1, 0.15) is 0 Å². The van der Waals surface area contributed by atoms with Crippen LogP contribution in [0.5, 0.6) is 0 Å². The Kier molecular flexibility index (Phi) is 34.8. The summed E-state index contributed by atoms with van der Waals surface area (Å²) in [6.45, 7) is 71.7. The summed E-state index contributed by atoms with van der Waals surface area (Å²) in [6, 6.07) is 51.1. The van der Waals surface area contributed by atoms with Crippen molar-refractivity contribution in [2.75, 3.05) is 0 Å². The summed E-state index contributed by atoms with van der Waals surface area (Å²) in [7, 11) is 0. The van der Waals surface area contributed by atoms with Gasteiger partial charge in [0.2, 0.25) is 0 Å². The normalized spacial score (nSPS) is 11.2. The molecule has 7 aromatic rings. The third-order valence-electron chi connectivity index (χ3n) is 16.6. The van der Waals surface area contributed by atoms with E-state index in [1.807, 2.05) is 0 Å². The third kappa shape index (κ3) is 27.7. The van der Waals surface area contributed by atoms with Crippen LogP contribution in [-0.2, 0) is 5.41 Å². The summed E-state index contributed by atoms with van der Waals surface area (Å²) in [5, 5.41) is 0. The number of rotatable bonds is 11. The van der Waals surface area contributed by atoms with Gasteiger partial charge in [0.05, 0.1) is 0 Å². The summed E-state index contributed by atoms with van der Waals surface area (Å²) >= 11 is 0. The van der Waals surface area contributed by atoms with Crippen LogP contribution in [0.2, 0.25) is 0 Å². The molecule has 7 aromatic carbocycles. The minimum Gasteiger partial charge on any atom is -0.0620 e. The molecule has 0 atom stereocenters. The number of benzene rings is 7. The van der Waals surface area contributed by atoms with Gasteiger partial charge in [0.25, 0.3) is 0 Å². The Morgan fingerprint density at radius 1 is 0.221 bits per heavy atom. The van der Waals surface area contributed by atoms with Crippen LogP contribution >= 0.6 is 0 Å². The van der Waals surface area contributed by atoms with E-state index in [4.69, 9.17) is 0 Å². The molecule has 0 aliphatic heterocycles. The maximum absolute atomic E-state index is 2.41. The molecule has 0 aliphatic rings. The van der Waals surface area contributed by atoms with E-state index in [1.54, 1.807) is 0 Å². The third-order valence-corrected chi connectivity index (χ3v) is 16.6. The van der Waals surface area contributed by atoms with Gasteiger partial charge in [-0.2, -0.15) is 0 Å². The van der Waals surface area contributed by atoms with Crippen molar-refractivity contribution in [1.29, 1.82) is 0 Å². The predicted octanol–water partition coefficient (Wildman–Crippen LogP) is 27.6. The van der Waals surface area contributed by atoms with Crippen LogP contribution in [0.4, 0.5) is 0 Å². The molecular weight excluding hydrogens is 1030 g/mol. The number of hydrogen-bond donors (Lipinski definition) is 0. The summed E-state index contributed by atoms with van der Waals surface area (Å²) in [4.78, 5) is 0. The molecule has 0 radical (unpaired) electrons. The average molecular weight is 1160 g/mol. The van der Waals surface area contributed by atoms with Crippen LogP contribution in [0.3, 0.4) is 0 Å². The second-order valence-electron chi connectivity index (χ2n) is 29.3. The summed E-state index contributed by atoms with van der Waals surface area (Å²) < 4.78 is 0.